The average Bonchev–Trinajstić information content (AvgIpc) is 3.36. The largest absolute Gasteiger partial charge is 0.389 e. The van der Waals surface area contributed by atoms with E-state index in [4.69, 9.17) is 9.47 Å². The maximum Gasteiger partial charge on any atom is 0.181 e. The van der Waals surface area contributed by atoms with Gasteiger partial charge in [-0.3, -0.25) is 4.68 Å². The molecule has 3 aromatic rings. The zero-order valence-electron chi connectivity index (χ0n) is 14.4. The van der Waals surface area contributed by atoms with Crippen LogP contribution in [0, 0.1) is 0 Å². The number of nitrogens with one attached hydrogen (secondary N) is 1. The summed E-state index contributed by atoms with van der Waals surface area (Å²) in [4.78, 5) is 4.44. The smallest absolute Gasteiger partial charge is 0.181 e. The van der Waals surface area contributed by atoms with Gasteiger partial charge in [0.1, 0.15) is 12.1 Å². The second kappa shape index (κ2) is 6.17. The first-order chi connectivity index (χ1) is 12.7. The first-order valence-corrected chi connectivity index (χ1v) is 8.78. The molecule has 8 nitrogen and oxygen atoms in total. The van der Waals surface area contributed by atoms with E-state index in [1.54, 1.807) is 11.0 Å². The van der Waals surface area contributed by atoms with Crippen LogP contribution in [0.5, 0.6) is 0 Å². The summed E-state index contributed by atoms with van der Waals surface area (Å²) in [6.07, 6.45) is 4.23. The lowest BCUT2D eigenvalue weighted by molar-refractivity contribution is -0.164. The van der Waals surface area contributed by atoms with Crippen LogP contribution in [0.15, 0.2) is 43.0 Å². The molecule has 2 aliphatic rings. The highest BCUT2D eigenvalue weighted by molar-refractivity contribution is 5.75. The second-order valence-corrected chi connectivity index (χ2v) is 6.93. The lowest BCUT2D eigenvalue weighted by atomic mass is 9.95. The molecule has 4 heterocycles. The summed E-state index contributed by atoms with van der Waals surface area (Å²) in [5.41, 5.74) is 2.91. The van der Waals surface area contributed by atoms with Gasteiger partial charge < -0.3 is 24.5 Å². The highest BCUT2D eigenvalue weighted by Crippen LogP contribution is 2.37. The number of ether oxygens (including phenoxy) is 2. The predicted octanol–water partition coefficient (Wildman–Crippen LogP) is 0.585. The van der Waals surface area contributed by atoms with Crippen molar-refractivity contribution in [3.8, 4) is 0 Å². The number of imidazole rings is 1. The molecule has 2 bridgehead atoms. The highest BCUT2D eigenvalue weighted by atomic mass is 16.7. The summed E-state index contributed by atoms with van der Waals surface area (Å²) in [6, 6.07) is 7.28. The predicted molar refractivity (Wildman–Crippen MR) is 93.2 cm³/mol. The maximum absolute atomic E-state index is 11.1. The fraction of sp³-hybridized carbons (Fsp3) is 0.444. The minimum atomic E-state index is -0.657. The maximum atomic E-state index is 11.1. The Morgan fingerprint density at radius 2 is 2.23 bits per heavy atom. The van der Waals surface area contributed by atoms with Crippen LogP contribution < -0.4 is 5.32 Å². The third-order valence-electron chi connectivity index (χ3n) is 5.23. The molecule has 2 fully saturated rings. The van der Waals surface area contributed by atoms with E-state index in [9.17, 15) is 5.11 Å². The van der Waals surface area contributed by atoms with Gasteiger partial charge in [0.05, 0.1) is 42.3 Å². The second-order valence-electron chi connectivity index (χ2n) is 6.93. The number of hydrogen-bond donors (Lipinski definition) is 2. The van der Waals surface area contributed by atoms with E-state index in [1.165, 1.54) is 0 Å². The summed E-state index contributed by atoms with van der Waals surface area (Å²) in [5.74, 6) is 0. The number of hydrogen-bond acceptors (Lipinski definition) is 6. The van der Waals surface area contributed by atoms with Crippen LogP contribution in [-0.2, 0) is 23.1 Å². The zero-order chi connectivity index (χ0) is 17.7. The van der Waals surface area contributed by atoms with Gasteiger partial charge in [-0.05, 0) is 12.1 Å². The minimum absolute atomic E-state index is 0.169. The molecule has 5 unspecified atom stereocenters. The topological polar surface area (TPSA) is 86.4 Å². The molecule has 8 heteroatoms. The molecule has 0 saturated carbocycles. The molecule has 2 aromatic heterocycles. The zero-order valence-corrected chi connectivity index (χ0v) is 14.4. The van der Waals surface area contributed by atoms with E-state index < -0.39 is 12.4 Å². The minimum Gasteiger partial charge on any atom is -0.389 e. The van der Waals surface area contributed by atoms with E-state index in [0.717, 1.165) is 16.6 Å². The van der Waals surface area contributed by atoms with Crippen molar-refractivity contribution < 1.29 is 14.6 Å². The van der Waals surface area contributed by atoms with E-state index in [-0.39, 0.29) is 18.2 Å². The number of aliphatic hydroxyl groups is 1. The van der Waals surface area contributed by atoms with Crippen LogP contribution in [-0.4, -0.2) is 55.6 Å². The molecular formula is C18H21N5O3. The lowest BCUT2D eigenvalue weighted by Gasteiger charge is -2.39. The number of rotatable bonds is 4. The molecule has 5 rings (SSSR count). The van der Waals surface area contributed by atoms with Crippen LogP contribution in [0.25, 0.3) is 11.0 Å². The van der Waals surface area contributed by atoms with Crippen molar-refractivity contribution in [3.05, 3.63) is 48.5 Å². The van der Waals surface area contributed by atoms with Gasteiger partial charge in [0.2, 0.25) is 0 Å². The highest BCUT2D eigenvalue weighted by Gasteiger charge is 2.51. The van der Waals surface area contributed by atoms with Gasteiger partial charge in [0.15, 0.2) is 6.29 Å². The van der Waals surface area contributed by atoms with E-state index in [1.807, 2.05) is 48.3 Å². The van der Waals surface area contributed by atoms with Crippen LogP contribution in [0.2, 0.25) is 0 Å². The molecule has 0 amide bonds. The molecule has 2 aliphatic heterocycles. The van der Waals surface area contributed by atoms with Gasteiger partial charge in [-0.1, -0.05) is 12.1 Å². The van der Waals surface area contributed by atoms with Gasteiger partial charge >= 0.3 is 0 Å². The lowest BCUT2D eigenvalue weighted by Crippen LogP contribution is -2.57. The molecular weight excluding hydrogens is 334 g/mol. The number of para-hydroxylation sites is 2. The van der Waals surface area contributed by atoms with Crippen LogP contribution >= 0.6 is 0 Å². The van der Waals surface area contributed by atoms with Crippen molar-refractivity contribution in [1.82, 2.24) is 24.6 Å². The average molecular weight is 355 g/mol. The molecule has 1 aromatic carbocycles. The Kier molecular flexibility index (Phi) is 3.79. The summed E-state index contributed by atoms with van der Waals surface area (Å²) < 4.78 is 15.6. The van der Waals surface area contributed by atoms with Crippen molar-refractivity contribution in [1.29, 1.82) is 0 Å². The van der Waals surface area contributed by atoms with Crippen molar-refractivity contribution in [2.75, 3.05) is 6.61 Å². The standard InChI is InChI=1S/C18H21N5O3/c1-22-8-11(7-21-22)6-19-15-14-9-25-18(26-14)16(17(15)24)23-10-20-12-4-2-3-5-13(12)23/h2-5,7-8,10,14-19,24H,6,9H2,1H3. The Hall–Kier alpha value is -2.26. The van der Waals surface area contributed by atoms with Crippen LogP contribution in [0.1, 0.15) is 11.6 Å². The van der Waals surface area contributed by atoms with Gasteiger partial charge in [-0.2, -0.15) is 5.10 Å². The molecule has 2 saturated heterocycles. The summed E-state index contributed by atoms with van der Waals surface area (Å²) in [6.45, 7) is 1.08. The number of benzene rings is 1. The third-order valence-corrected chi connectivity index (χ3v) is 5.23. The monoisotopic (exact) mass is 355 g/mol. The quantitative estimate of drug-likeness (QED) is 0.712. The number of aryl methyl sites for hydroxylation is 1. The first kappa shape index (κ1) is 16.0. The van der Waals surface area contributed by atoms with Crippen molar-refractivity contribution in [2.24, 2.45) is 7.05 Å². The van der Waals surface area contributed by atoms with E-state index >= 15 is 0 Å². The number of aliphatic hydroxyl groups excluding tert-OH is 1. The summed E-state index contributed by atoms with van der Waals surface area (Å²) in [5, 5.41) is 18.7. The van der Waals surface area contributed by atoms with Gasteiger partial charge in [-0.15, -0.1) is 0 Å². The van der Waals surface area contributed by atoms with Gasteiger partial charge in [-0.25, -0.2) is 4.98 Å². The fourth-order valence-corrected chi connectivity index (χ4v) is 3.96. The third kappa shape index (κ3) is 2.53. The Bertz CT molecular complexity index is 922. The molecule has 0 aliphatic carbocycles. The van der Waals surface area contributed by atoms with E-state index in [2.05, 4.69) is 15.4 Å². The molecule has 5 atom stereocenters. The molecule has 0 radical (unpaired) electrons. The van der Waals surface area contributed by atoms with Crippen LogP contribution in [0.3, 0.4) is 0 Å². The van der Waals surface area contributed by atoms with Crippen LogP contribution in [0.4, 0.5) is 0 Å². The number of aromatic nitrogens is 4. The molecule has 0 spiro atoms. The Morgan fingerprint density at radius 3 is 3.08 bits per heavy atom. The van der Waals surface area contributed by atoms with Crippen molar-refractivity contribution in [3.63, 3.8) is 0 Å². The molecule has 26 heavy (non-hydrogen) atoms. The number of nitrogens with zero attached hydrogens (tertiary/aromatic N) is 4. The Labute approximate surface area is 150 Å². The Balaban J connectivity index is 1.43. The van der Waals surface area contributed by atoms with Crippen molar-refractivity contribution in [2.45, 2.75) is 37.1 Å². The van der Waals surface area contributed by atoms with Gasteiger partial charge in [0.25, 0.3) is 0 Å². The van der Waals surface area contributed by atoms with Crippen molar-refractivity contribution >= 4 is 11.0 Å². The molecule has 136 valence electrons. The summed E-state index contributed by atoms with van der Waals surface area (Å²) in [7, 11) is 1.89. The normalized spacial score (nSPS) is 30.9. The van der Waals surface area contributed by atoms with E-state index in [0.29, 0.717) is 13.2 Å². The molecule has 2 N–H and O–H groups in total. The Morgan fingerprint density at radius 1 is 1.35 bits per heavy atom. The van der Waals surface area contributed by atoms with Gasteiger partial charge in [0, 0.05) is 25.4 Å². The summed E-state index contributed by atoms with van der Waals surface area (Å²) >= 11 is 0. The first-order valence-electron chi connectivity index (χ1n) is 8.78. The number of fused-ring (bicyclic) bond motifs is 3. The SMILES string of the molecule is Cn1cc(CNC2C3COC(O3)C(n3cnc4ccccc43)C2O)cn1. The fourth-order valence-electron chi connectivity index (χ4n) is 3.96.